The third kappa shape index (κ3) is 4.25. The molecule has 1 aromatic heterocycles. The van der Waals surface area contributed by atoms with Crippen LogP contribution in [0.1, 0.15) is 66.7 Å². The molecule has 1 heterocycles. The van der Waals surface area contributed by atoms with Gasteiger partial charge >= 0.3 is 0 Å². The molecule has 24 heavy (non-hydrogen) atoms. The van der Waals surface area contributed by atoms with Crippen molar-refractivity contribution in [1.82, 2.24) is 10.5 Å². The van der Waals surface area contributed by atoms with Gasteiger partial charge in [-0.2, -0.15) is 0 Å². The summed E-state index contributed by atoms with van der Waals surface area (Å²) in [5, 5.41) is 7.00. The molecular formula is C20H28N2O2. The summed E-state index contributed by atoms with van der Waals surface area (Å²) in [7, 11) is 0. The normalized spacial score (nSPS) is 12.7. The van der Waals surface area contributed by atoms with Gasteiger partial charge in [-0.05, 0) is 43.2 Å². The van der Waals surface area contributed by atoms with E-state index in [1.54, 1.807) is 13.8 Å². The number of nitrogens with one attached hydrogen (secondary N) is 1. The molecule has 1 unspecified atom stereocenters. The SMILES string of the molecule is Cc1noc(C)c1C(=O)NC(c1ccc(CC(C)C)cc1)C(C)C. The van der Waals surface area contributed by atoms with E-state index >= 15 is 0 Å². The van der Waals surface area contributed by atoms with Gasteiger partial charge in [0.15, 0.2) is 0 Å². The lowest BCUT2D eigenvalue weighted by atomic mass is 9.93. The molecule has 0 aliphatic rings. The Hall–Kier alpha value is -2.10. The van der Waals surface area contributed by atoms with Crippen molar-refractivity contribution in [3.8, 4) is 0 Å². The van der Waals surface area contributed by atoms with E-state index in [1.807, 2.05) is 0 Å². The van der Waals surface area contributed by atoms with Crippen LogP contribution >= 0.6 is 0 Å². The zero-order valence-corrected chi connectivity index (χ0v) is 15.5. The lowest BCUT2D eigenvalue weighted by molar-refractivity contribution is 0.0923. The topological polar surface area (TPSA) is 55.1 Å². The van der Waals surface area contributed by atoms with Crippen LogP contribution in [0.2, 0.25) is 0 Å². The number of benzene rings is 1. The smallest absolute Gasteiger partial charge is 0.257 e. The average Bonchev–Trinajstić information content (AvgIpc) is 2.84. The third-order valence-electron chi connectivity index (χ3n) is 4.20. The predicted molar refractivity (Wildman–Crippen MR) is 96.0 cm³/mol. The zero-order chi connectivity index (χ0) is 17.9. The molecule has 1 N–H and O–H groups in total. The summed E-state index contributed by atoms with van der Waals surface area (Å²) in [4.78, 5) is 12.6. The quantitative estimate of drug-likeness (QED) is 0.842. The highest BCUT2D eigenvalue weighted by molar-refractivity contribution is 5.96. The number of nitrogens with zero attached hydrogens (tertiary/aromatic N) is 1. The largest absolute Gasteiger partial charge is 0.361 e. The van der Waals surface area contributed by atoms with E-state index in [0.29, 0.717) is 22.9 Å². The Bertz CT molecular complexity index is 665. The number of aromatic nitrogens is 1. The van der Waals surface area contributed by atoms with Gasteiger partial charge < -0.3 is 9.84 Å². The van der Waals surface area contributed by atoms with Gasteiger partial charge in [0.25, 0.3) is 5.91 Å². The van der Waals surface area contributed by atoms with E-state index in [9.17, 15) is 4.79 Å². The third-order valence-corrected chi connectivity index (χ3v) is 4.20. The molecule has 0 spiro atoms. The van der Waals surface area contributed by atoms with Crippen LogP contribution in [0.3, 0.4) is 0 Å². The number of hydrogen-bond donors (Lipinski definition) is 1. The van der Waals surface area contributed by atoms with Crippen LogP contribution < -0.4 is 5.32 Å². The molecule has 0 aliphatic heterocycles. The molecule has 2 rings (SSSR count). The summed E-state index contributed by atoms with van der Waals surface area (Å²) in [5.41, 5.74) is 3.61. The van der Waals surface area contributed by atoms with Crippen molar-refractivity contribution in [3.05, 3.63) is 52.4 Å². The van der Waals surface area contributed by atoms with Crippen LogP contribution in [0.5, 0.6) is 0 Å². The molecule has 130 valence electrons. The first-order valence-corrected chi connectivity index (χ1v) is 8.62. The number of amides is 1. The molecule has 0 aliphatic carbocycles. The molecular weight excluding hydrogens is 300 g/mol. The molecule has 2 aromatic rings. The van der Waals surface area contributed by atoms with Crippen LogP contribution in [-0.4, -0.2) is 11.1 Å². The summed E-state index contributed by atoms with van der Waals surface area (Å²) in [6, 6.07) is 8.52. The van der Waals surface area contributed by atoms with Crippen molar-refractivity contribution in [2.45, 2.75) is 54.0 Å². The van der Waals surface area contributed by atoms with Crippen molar-refractivity contribution in [1.29, 1.82) is 0 Å². The summed E-state index contributed by atoms with van der Waals surface area (Å²) < 4.78 is 5.11. The summed E-state index contributed by atoms with van der Waals surface area (Å²) in [6.07, 6.45) is 1.07. The fraction of sp³-hybridized carbons (Fsp3) is 0.500. The Kier molecular flexibility index (Phi) is 5.81. The summed E-state index contributed by atoms with van der Waals surface area (Å²) in [5.74, 6) is 1.34. The molecule has 1 atom stereocenters. The molecule has 0 saturated carbocycles. The number of hydrogen-bond acceptors (Lipinski definition) is 3. The van der Waals surface area contributed by atoms with Crippen molar-refractivity contribution in [2.24, 2.45) is 11.8 Å². The summed E-state index contributed by atoms with van der Waals surface area (Å²) in [6.45, 7) is 12.2. The lowest BCUT2D eigenvalue weighted by Crippen LogP contribution is -2.32. The monoisotopic (exact) mass is 328 g/mol. The molecule has 4 heteroatoms. The zero-order valence-electron chi connectivity index (χ0n) is 15.5. The van der Waals surface area contributed by atoms with Gasteiger partial charge in [0.2, 0.25) is 0 Å². The maximum absolute atomic E-state index is 12.6. The Labute approximate surface area is 144 Å². The fourth-order valence-electron chi connectivity index (χ4n) is 2.99. The van der Waals surface area contributed by atoms with E-state index in [1.165, 1.54) is 5.56 Å². The highest BCUT2D eigenvalue weighted by Crippen LogP contribution is 2.24. The van der Waals surface area contributed by atoms with Crippen molar-refractivity contribution < 1.29 is 9.32 Å². The first-order chi connectivity index (χ1) is 11.3. The van der Waals surface area contributed by atoms with Gasteiger partial charge in [-0.25, -0.2) is 0 Å². The lowest BCUT2D eigenvalue weighted by Gasteiger charge is -2.23. The summed E-state index contributed by atoms with van der Waals surface area (Å²) >= 11 is 0. The van der Waals surface area contributed by atoms with Crippen LogP contribution in [0.4, 0.5) is 0 Å². The first-order valence-electron chi connectivity index (χ1n) is 8.62. The highest BCUT2D eigenvalue weighted by atomic mass is 16.5. The fourth-order valence-corrected chi connectivity index (χ4v) is 2.99. The second-order valence-corrected chi connectivity index (χ2v) is 7.23. The number of carbonyl (C=O) groups excluding carboxylic acids is 1. The van der Waals surface area contributed by atoms with E-state index in [0.717, 1.165) is 12.0 Å². The first kappa shape index (κ1) is 18.2. The van der Waals surface area contributed by atoms with E-state index in [-0.39, 0.29) is 17.9 Å². The molecule has 0 fully saturated rings. The van der Waals surface area contributed by atoms with Gasteiger partial charge in [-0.3, -0.25) is 4.79 Å². The maximum Gasteiger partial charge on any atom is 0.257 e. The number of aryl methyl sites for hydroxylation is 2. The van der Waals surface area contributed by atoms with Crippen LogP contribution in [-0.2, 0) is 6.42 Å². The standard InChI is InChI=1S/C20H28N2O2/c1-12(2)11-16-7-9-17(10-8-16)19(13(3)4)21-20(23)18-14(5)22-24-15(18)6/h7-10,12-13,19H,11H2,1-6H3,(H,21,23). The van der Waals surface area contributed by atoms with Crippen molar-refractivity contribution in [3.63, 3.8) is 0 Å². The van der Waals surface area contributed by atoms with Gasteiger partial charge in [0.05, 0.1) is 11.7 Å². The maximum atomic E-state index is 12.6. The minimum atomic E-state index is -0.129. The van der Waals surface area contributed by atoms with Gasteiger partial charge in [-0.1, -0.05) is 57.1 Å². The molecule has 4 nitrogen and oxygen atoms in total. The Morgan fingerprint density at radius 2 is 1.75 bits per heavy atom. The Morgan fingerprint density at radius 1 is 1.12 bits per heavy atom. The van der Waals surface area contributed by atoms with E-state index in [2.05, 4.69) is 62.4 Å². The molecule has 0 saturated heterocycles. The minimum absolute atomic E-state index is 0.0423. The molecule has 0 bridgehead atoms. The van der Waals surface area contributed by atoms with Crippen LogP contribution in [0.15, 0.2) is 28.8 Å². The van der Waals surface area contributed by atoms with Gasteiger partial charge in [0.1, 0.15) is 11.3 Å². The second kappa shape index (κ2) is 7.65. The predicted octanol–water partition coefficient (Wildman–Crippen LogP) is 4.62. The van der Waals surface area contributed by atoms with Gasteiger partial charge in [0, 0.05) is 0 Å². The molecule has 0 radical (unpaired) electrons. The van der Waals surface area contributed by atoms with Crippen molar-refractivity contribution >= 4 is 5.91 Å². The van der Waals surface area contributed by atoms with E-state index < -0.39 is 0 Å². The Balaban J connectivity index is 2.19. The minimum Gasteiger partial charge on any atom is -0.361 e. The molecule has 1 amide bonds. The second-order valence-electron chi connectivity index (χ2n) is 7.23. The van der Waals surface area contributed by atoms with Crippen LogP contribution in [0.25, 0.3) is 0 Å². The number of rotatable bonds is 6. The van der Waals surface area contributed by atoms with Crippen molar-refractivity contribution in [2.75, 3.05) is 0 Å². The highest BCUT2D eigenvalue weighted by Gasteiger charge is 2.23. The number of carbonyl (C=O) groups is 1. The Morgan fingerprint density at radius 3 is 2.21 bits per heavy atom. The average molecular weight is 328 g/mol. The van der Waals surface area contributed by atoms with Gasteiger partial charge in [-0.15, -0.1) is 0 Å². The van der Waals surface area contributed by atoms with E-state index in [4.69, 9.17) is 4.52 Å². The van der Waals surface area contributed by atoms with Crippen LogP contribution in [0, 0.1) is 25.7 Å². The molecule has 1 aromatic carbocycles.